The summed E-state index contributed by atoms with van der Waals surface area (Å²) in [4.78, 5) is 19.1. The number of pyridine rings is 1. The van der Waals surface area contributed by atoms with E-state index in [1.807, 2.05) is 18.3 Å². The Bertz CT molecular complexity index is 558. The van der Waals surface area contributed by atoms with Crippen molar-refractivity contribution in [1.82, 2.24) is 15.3 Å². The van der Waals surface area contributed by atoms with Crippen LogP contribution < -0.4 is 5.32 Å². The molecule has 1 fully saturated rings. The van der Waals surface area contributed by atoms with Crippen LogP contribution in [0.2, 0.25) is 0 Å². The summed E-state index contributed by atoms with van der Waals surface area (Å²) in [6.45, 7) is 1.75. The molecule has 3 heterocycles. The summed E-state index contributed by atoms with van der Waals surface area (Å²) < 4.78 is 5.20. The number of nitrogens with one attached hydrogen (secondary N) is 2. The third kappa shape index (κ3) is 2.22. The van der Waals surface area contributed by atoms with Crippen LogP contribution >= 0.6 is 0 Å². The maximum atomic E-state index is 11.8. The first-order valence-electron chi connectivity index (χ1n) is 6.10. The fourth-order valence-electron chi connectivity index (χ4n) is 2.16. The zero-order valence-electron chi connectivity index (χ0n) is 9.98. The van der Waals surface area contributed by atoms with Gasteiger partial charge in [0.05, 0.1) is 12.5 Å². The lowest BCUT2D eigenvalue weighted by atomic mass is 10.1. The Morgan fingerprint density at radius 2 is 2.56 bits per heavy atom. The molecule has 0 saturated carbocycles. The number of aromatic amines is 1. The van der Waals surface area contributed by atoms with Crippen molar-refractivity contribution >= 4 is 16.9 Å². The molecule has 2 aromatic rings. The summed E-state index contributed by atoms with van der Waals surface area (Å²) in [7, 11) is 0. The molecule has 1 aliphatic heterocycles. The van der Waals surface area contributed by atoms with E-state index in [0.717, 1.165) is 23.0 Å². The van der Waals surface area contributed by atoms with Crippen LogP contribution in [0.15, 0.2) is 24.5 Å². The van der Waals surface area contributed by atoms with Gasteiger partial charge in [0.25, 0.3) is 0 Å². The summed E-state index contributed by atoms with van der Waals surface area (Å²) in [5, 5.41) is 3.99. The highest BCUT2D eigenvalue weighted by atomic mass is 16.5. The maximum absolute atomic E-state index is 11.8. The van der Waals surface area contributed by atoms with Gasteiger partial charge in [-0.05, 0) is 24.1 Å². The molecule has 1 saturated heterocycles. The molecule has 0 aromatic carbocycles. The zero-order valence-corrected chi connectivity index (χ0v) is 9.98. The normalized spacial score (nSPS) is 19.2. The van der Waals surface area contributed by atoms with Crippen molar-refractivity contribution in [1.29, 1.82) is 0 Å². The number of amides is 1. The first kappa shape index (κ1) is 11.2. The number of H-pyrrole nitrogens is 1. The van der Waals surface area contributed by atoms with Crippen LogP contribution in [-0.2, 0) is 16.1 Å². The molecule has 94 valence electrons. The van der Waals surface area contributed by atoms with Gasteiger partial charge in [-0.3, -0.25) is 4.79 Å². The van der Waals surface area contributed by atoms with E-state index < -0.39 is 0 Å². The van der Waals surface area contributed by atoms with Gasteiger partial charge < -0.3 is 15.0 Å². The van der Waals surface area contributed by atoms with Crippen molar-refractivity contribution in [2.24, 2.45) is 5.92 Å². The molecule has 5 heteroatoms. The minimum atomic E-state index is 0.00829. The predicted octanol–water partition coefficient (Wildman–Crippen LogP) is 1.22. The molecular weight excluding hydrogens is 230 g/mol. The summed E-state index contributed by atoms with van der Waals surface area (Å²) in [5.74, 6) is 0.0793. The lowest BCUT2D eigenvalue weighted by Crippen LogP contribution is -2.30. The van der Waals surface area contributed by atoms with Crippen LogP contribution in [0.5, 0.6) is 0 Å². The van der Waals surface area contributed by atoms with Crippen molar-refractivity contribution in [3.8, 4) is 0 Å². The molecule has 2 aromatic heterocycles. The third-order valence-electron chi connectivity index (χ3n) is 3.22. The number of hydrogen-bond acceptors (Lipinski definition) is 3. The highest BCUT2D eigenvalue weighted by molar-refractivity contribution is 5.79. The van der Waals surface area contributed by atoms with Crippen LogP contribution in [0, 0.1) is 5.92 Å². The van der Waals surface area contributed by atoms with Crippen molar-refractivity contribution in [2.75, 3.05) is 13.2 Å². The Kier molecular flexibility index (Phi) is 2.98. The average molecular weight is 245 g/mol. The molecule has 5 nitrogen and oxygen atoms in total. The van der Waals surface area contributed by atoms with E-state index >= 15 is 0 Å². The number of hydrogen-bond donors (Lipinski definition) is 2. The number of ether oxygens (including phenoxy) is 1. The van der Waals surface area contributed by atoms with Gasteiger partial charge in [-0.25, -0.2) is 4.98 Å². The Morgan fingerprint density at radius 3 is 3.39 bits per heavy atom. The first-order chi connectivity index (χ1) is 8.83. The van der Waals surface area contributed by atoms with E-state index in [1.54, 1.807) is 6.20 Å². The number of carbonyl (C=O) groups excluding carboxylic acids is 1. The van der Waals surface area contributed by atoms with Crippen molar-refractivity contribution in [3.05, 3.63) is 30.1 Å². The van der Waals surface area contributed by atoms with E-state index in [0.29, 0.717) is 19.8 Å². The fourth-order valence-corrected chi connectivity index (χ4v) is 2.16. The third-order valence-corrected chi connectivity index (χ3v) is 3.22. The van der Waals surface area contributed by atoms with Gasteiger partial charge in [0.15, 0.2) is 0 Å². The summed E-state index contributed by atoms with van der Waals surface area (Å²) in [6.07, 6.45) is 4.46. The molecule has 0 aliphatic carbocycles. The molecule has 1 aliphatic rings. The molecular formula is C13H15N3O2. The molecule has 3 rings (SSSR count). The summed E-state index contributed by atoms with van der Waals surface area (Å²) in [5.41, 5.74) is 1.88. The second-order valence-corrected chi connectivity index (χ2v) is 4.54. The van der Waals surface area contributed by atoms with Gasteiger partial charge in [0.2, 0.25) is 5.91 Å². The lowest BCUT2D eigenvalue weighted by molar-refractivity contribution is -0.125. The molecule has 0 bridgehead atoms. The second kappa shape index (κ2) is 4.78. The standard InChI is InChI=1S/C13H15N3O2/c17-13(11-2-4-18-8-11)16-7-9-5-10-1-3-14-12(10)15-6-9/h1,3,5-6,11H,2,4,7-8H2,(H,14,15)(H,16,17). The molecule has 1 atom stereocenters. The van der Waals surface area contributed by atoms with Crippen molar-refractivity contribution < 1.29 is 9.53 Å². The lowest BCUT2D eigenvalue weighted by Gasteiger charge is -2.09. The number of fused-ring (bicyclic) bond motifs is 1. The van der Waals surface area contributed by atoms with Gasteiger partial charge in [0.1, 0.15) is 5.65 Å². The molecule has 1 unspecified atom stereocenters. The SMILES string of the molecule is O=C(NCc1cnc2[nH]ccc2c1)C1CCOC1. The quantitative estimate of drug-likeness (QED) is 0.854. The molecule has 0 radical (unpaired) electrons. The van der Waals surface area contributed by atoms with E-state index in [4.69, 9.17) is 4.74 Å². The highest BCUT2D eigenvalue weighted by Crippen LogP contribution is 2.13. The number of aromatic nitrogens is 2. The van der Waals surface area contributed by atoms with E-state index in [2.05, 4.69) is 15.3 Å². The predicted molar refractivity (Wildman–Crippen MR) is 66.9 cm³/mol. The Morgan fingerprint density at radius 1 is 1.61 bits per heavy atom. The maximum Gasteiger partial charge on any atom is 0.225 e. The van der Waals surface area contributed by atoms with E-state index in [-0.39, 0.29) is 11.8 Å². The Labute approximate surface area is 105 Å². The average Bonchev–Trinajstić information content (AvgIpc) is 3.05. The summed E-state index contributed by atoms with van der Waals surface area (Å²) >= 11 is 0. The monoisotopic (exact) mass is 245 g/mol. The van der Waals surface area contributed by atoms with Crippen LogP contribution in [-0.4, -0.2) is 29.1 Å². The first-order valence-corrected chi connectivity index (χ1v) is 6.10. The molecule has 1 amide bonds. The second-order valence-electron chi connectivity index (χ2n) is 4.54. The Balaban J connectivity index is 1.63. The van der Waals surface area contributed by atoms with E-state index in [9.17, 15) is 4.79 Å². The fraction of sp³-hybridized carbons (Fsp3) is 0.385. The van der Waals surface area contributed by atoms with Crippen molar-refractivity contribution in [3.63, 3.8) is 0 Å². The van der Waals surface area contributed by atoms with Crippen LogP contribution in [0.1, 0.15) is 12.0 Å². The summed E-state index contributed by atoms with van der Waals surface area (Å²) in [6, 6.07) is 4.00. The van der Waals surface area contributed by atoms with Gasteiger partial charge >= 0.3 is 0 Å². The zero-order chi connectivity index (χ0) is 12.4. The van der Waals surface area contributed by atoms with Gasteiger partial charge in [-0.15, -0.1) is 0 Å². The van der Waals surface area contributed by atoms with Gasteiger partial charge in [0, 0.05) is 30.9 Å². The van der Waals surface area contributed by atoms with Gasteiger partial charge in [-0.2, -0.15) is 0 Å². The number of carbonyl (C=O) groups is 1. The van der Waals surface area contributed by atoms with Crippen LogP contribution in [0.4, 0.5) is 0 Å². The van der Waals surface area contributed by atoms with Crippen LogP contribution in [0.25, 0.3) is 11.0 Å². The van der Waals surface area contributed by atoms with Gasteiger partial charge in [-0.1, -0.05) is 0 Å². The molecule has 2 N–H and O–H groups in total. The van der Waals surface area contributed by atoms with E-state index in [1.165, 1.54) is 0 Å². The molecule has 0 spiro atoms. The highest BCUT2D eigenvalue weighted by Gasteiger charge is 2.22. The molecule has 18 heavy (non-hydrogen) atoms. The van der Waals surface area contributed by atoms with Crippen molar-refractivity contribution in [2.45, 2.75) is 13.0 Å². The Hall–Kier alpha value is -1.88. The minimum Gasteiger partial charge on any atom is -0.381 e. The largest absolute Gasteiger partial charge is 0.381 e. The number of nitrogens with zero attached hydrogens (tertiary/aromatic N) is 1. The number of rotatable bonds is 3. The topological polar surface area (TPSA) is 67.0 Å². The van der Waals surface area contributed by atoms with Crippen LogP contribution in [0.3, 0.4) is 0 Å². The minimum absolute atomic E-state index is 0.00829. The smallest absolute Gasteiger partial charge is 0.225 e.